The van der Waals surface area contributed by atoms with E-state index in [1.807, 2.05) is 13.8 Å². The van der Waals surface area contributed by atoms with Crippen LogP contribution in [0.25, 0.3) is 0 Å². The van der Waals surface area contributed by atoms with Gasteiger partial charge >= 0.3 is 6.09 Å². The van der Waals surface area contributed by atoms with Crippen molar-refractivity contribution in [3.05, 3.63) is 0 Å². The van der Waals surface area contributed by atoms with Gasteiger partial charge in [-0.25, -0.2) is 4.79 Å². The summed E-state index contributed by atoms with van der Waals surface area (Å²) in [7, 11) is 1.38. The summed E-state index contributed by atoms with van der Waals surface area (Å²) in [5.41, 5.74) is 0. The molecule has 0 radical (unpaired) electrons. The van der Waals surface area contributed by atoms with Crippen LogP contribution in [0.15, 0.2) is 0 Å². The van der Waals surface area contributed by atoms with Crippen molar-refractivity contribution in [1.82, 2.24) is 4.90 Å². The van der Waals surface area contributed by atoms with Crippen LogP contribution >= 0.6 is 11.6 Å². The Morgan fingerprint density at radius 1 is 1.58 bits per heavy atom. The molecule has 0 saturated carbocycles. The Morgan fingerprint density at radius 2 is 2.17 bits per heavy atom. The summed E-state index contributed by atoms with van der Waals surface area (Å²) in [4.78, 5) is 12.8. The van der Waals surface area contributed by atoms with Crippen LogP contribution in [0.4, 0.5) is 4.79 Å². The van der Waals surface area contributed by atoms with Crippen LogP contribution in [0.2, 0.25) is 0 Å². The summed E-state index contributed by atoms with van der Waals surface area (Å²) in [6.45, 7) is 4.54. The van der Waals surface area contributed by atoms with Gasteiger partial charge in [0.2, 0.25) is 0 Å². The topological polar surface area (TPSA) is 29.5 Å². The van der Waals surface area contributed by atoms with Gasteiger partial charge in [-0.1, -0.05) is 6.92 Å². The van der Waals surface area contributed by atoms with E-state index in [1.165, 1.54) is 7.11 Å². The minimum absolute atomic E-state index is 0.0871. The fourth-order valence-corrected chi connectivity index (χ4v) is 1.45. The second-order valence-electron chi connectivity index (χ2n) is 2.47. The molecule has 0 rings (SSSR count). The minimum atomic E-state index is -0.301. The third kappa shape index (κ3) is 2.89. The first kappa shape index (κ1) is 11.6. The third-order valence-corrected chi connectivity index (χ3v) is 2.20. The summed E-state index contributed by atoms with van der Waals surface area (Å²) in [5, 5.41) is 0. The van der Waals surface area contributed by atoms with E-state index in [2.05, 4.69) is 4.74 Å². The van der Waals surface area contributed by atoms with E-state index < -0.39 is 0 Å². The Bertz CT molecular complexity index is 137. The summed E-state index contributed by atoms with van der Waals surface area (Å²) in [6, 6.07) is 0.0871. The third-order valence-electron chi connectivity index (χ3n) is 1.84. The van der Waals surface area contributed by atoms with Gasteiger partial charge in [0.1, 0.15) is 0 Å². The van der Waals surface area contributed by atoms with Crippen LogP contribution in [0, 0.1) is 0 Å². The fourth-order valence-electron chi connectivity index (χ4n) is 1.07. The molecule has 0 aromatic carbocycles. The van der Waals surface area contributed by atoms with Crippen LogP contribution in [0.3, 0.4) is 0 Å². The first-order valence-corrected chi connectivity index (χ1v) is 4.65. The van der Waals surface area contributed by atoms with Gasteiger partial charge in [0.15, 0.2) is 0 Å². The minimum Gasteiger partial charge on any atom is -0.453 e. The number of carbonyl (C=O) groups is 1. The first-order chi connectivity index (χ1) is 5.71. The molecule has 1 unspecified atom stereocenters. The van der Waals surface area contributed by atoms with Gasteiger partial charge < -0.3 is 9.64 Å². The van der Waals surface area contributed by atoms with Crippen LogP contribution in [-0.2, 0) is 4.74 Å². The average Bonchev–Trinajstić information content (AvgIpc) is 2.12. The SMILES string of the molecule is CCC(CCl)N(CC)C(=O)OC. The number of hydrogen-bond acceptors (Lipinski definition) is 2. The molecule has 0 N–H and O–H groups in total. The van der Waals surface area contributed by atoms with E-state index in [1.54, 1.807) is 4.90 Å². The smallest absolute Gasteiger partial charge is 0.409 e. The second kappa shape index (κ2) is 6.12. The fraction of sp³-hybridized carbons (Fsp3) is 0.875. The summed E-state index contributed by atoms with van der Waals surface area (Å²) in [5.74, 6) is 0.458. The summed E-state index contributed by atoms with van der Waals surface area (Å²) in [6.07, 6.45) is 0.553. The van der Waals surface area contributed by atoms with Crippen molar-refractivity contribution in [3.8, 4) is 0 Å². The van der Waals surface area contributed by atoms with E-state index in [9.17, 15) is 4.79 Å². The Labute approximate surface area is 78.6 Å². The molecule has 3 nitrogen and oxygen atoms in total. The largest absolute Gasteiger partial charge is 0.453 e. The molecule has 4 heteroatoms. The average molecular weight is 194 g/mol. The monoisotopic (exact) mass is 193 g/mol. The molecule has 72 valence electrons. The second-order valence-corrected chi connectivity index (χ2v) is 2.78. The highest BCUT2D eigenvalue weighted by molar-refractivity contribution is 6.18. The Balaban J connectivity index is 4.19. The van der Waals surface area contributed by atoms with Gasteiger partial charge in [-0.3, -0.25) is 0 Å². The highest BCUT2D eigenvalue weighted by atomic mass is 35.5. The van der Waals surface area contributed by atoms with Crippen molar-refractivity contribution in [3.63, 3.8) is 0 Å². The van der Waals surface area contributed by atoms with E-state index in [-0.39, 0.29) is 12.1 Å². The van der Waals surface area contributed by atoms with Crippen molar-refractivity contribution in [2.45, 2.75) is 26.3 Å². The van der Waals surface area contributed by atoms with Crippen LogP contribution in [0.5, 0.6) is 0 Å². The number of rotatable bonds is 4. The number of hydrogen-bond donors (Lipinski definition) is 0. The standard InChI is InChI=1S/C8H16ClNO2/c1-4-7(6-9)10(5-2)8(11)12-3/h7H,4-6H2,1-3H3. The molecular weight excluding hydrogens is 178 g/mol. The Hall–Kier alpha value is -0.440. The van der Waals surface area contributed by atoms with E-state index in [4.69, 9.17) is 11.6 Å². The molecule has 0 aromatic rings. The van der Waals surface area contributed by atoms with Gasteiger partial charge in [-0.2, -0.15) is 0 Å². The number of carbonyl (C=O) groups excluding carboxylic acids is 1. The molecule has 12 heavy (non-hydrogen) atoms. The lowest BCUT2D eigenvalue weighted by Crippen LogP contribution is -2.40. The van der Waals surface area contributed by atoms with Crippen molar-refractivity contribution >= 4 is 17.7 Å². The predicted octanol–water partition coefficient (Wildman–Crippen LogP) is 2.09. The summed E-state index contributed by atoms with van der Waals surface area (Å²) < 4.78 is 4.62. The summed E-state index contributed by atoms with van der Waals surface area (Å²) >= 11 is 5.69. The van der Waals surface area contributed by atoms with Crippen molar-refractivity contribution in [2.75, 3.05) is 19.5 Å². The number of alkyl halides is 1. The lowest BCUT2D eigenvalue weighted by atomic mass is 10.2. The lowest BCUT2D eigenvalue weighted by molar-refractivity contribution is 0.110. The van der Waals surface area contributed by atoms with Crippen LogP contribution in [0.1, 0.15) is 20.3 Å². The molecule has 0 heterocycles. The molecule has 0 bridgehead atoms. The van der Waals surface area contributed by atoms with Gasteiger partial charge in [0.05, 0.1) is 7.11 Å². The van der Waals surface area contributed by atoms with E-state index in [0.29, 0.717) is 12.4 Å². The highest BCUT2D eigenvalue weighted by Gasteiger charge is 2.19. The van der Waals surface area contributed by atoms with Gasteiger partial charge in [-0.15, -0.1) is 11.6 Å². The Kier molecular flexibility index (Phi) is 5.89. The van der Waals surface area contributed by atoms with Gasteiger partial charge in [0, 0.05) is 18.5 Å². The number of methoxy groups -OCH3 is 1. The molecule has 1 atom stereocenters. The zero-order valence-electron chi connectivity index (χ0n) is 7.84. The number of halogens is 1. The zero-order valence-corrected chi connectivity index (χ0v) is 8.60. The molecule has 0 aromatic heterocycles. The molecule has 0 aliphatic rings. The van der Waals surface area contributed by atoms with Gasteiger partial charge in [0.25, 0.3) is 0 Å². The number of nitrogens with zero attached hydrogens (tertiary/aromatic N) is 1. The molecular formula is C8H16ClNO2. The first-order valence-electron chi connectivity index (χ1n) is 4.11. The van der Waals surface area contributed by atoms with Crippen molar-refractivity contribution < 1.29 is 9.53 Å². The van der Waals surface area contributed by atoms with Crippen molar-refractivity contribution in [2.24, 2.45) is 0 Å². The zero-order chi connectivity index (χ0) is 9.56. The number of ether oxygens (including phenoxy) is 1. The van der Waals surface area contributed by atoms with Crippen LogP contribution in [-0.4, -0.2) is 36.6 Å². The predicted molar refractivity (Wildman–Crippen MR) is 49.6 cm³/mol. The van der Waals surface area contributed by atoms with Crippen LogP contribution < -0.4 is 0 Å². The lowest BCUT2D eigenvalue weighted by Gasteiger charge is -2.26. The maximum absolute atomic E-state index is 11.1. The highest BCUT2D eigenvalue weighted by Crippen LogP contribution is 2.07. The van der Waals surface area contributed by atoms with E-state index in [0.717, 1.165) is 6.42 Å². The van der Waals surface area contributed by atoms with E-state index >= 15 is 0 Å². The van der Waals surface area contributed by atoms with Gasteiger partial charge in [-0.05, 0) is 13.3 Å². The van der Waals surface area contributed by atoms with Crippen molar-refractivity contribution in [1.29, 1.82) is 0 Å². The molecule has 0 aliphatic heterocycles. The molecule has 0 aliphatic carbocycles. The molecule has 1 amide bonds. The molecule has 0 saturated heterocycles. The number of amides is 1. The molecule has 0 spiro atoms. The Morgan fingerprint density at radius 3 is 2.42 bits per heavy atom. The molecule has 0 fully saturated rings. The maximum Gasteiger partial charge on any atom is 0.409 e. The maximum atomic E-state index is 11.1. The normalized spacial score (nSPS) is 12.3. The quantitative estimate of drug-likeness (QED) is 0.640.